The van der Waals surface area contributed by atoms with Gasteiger partial charge in [0.25, 0.3) is 0 Å². The van der Waals surface area contributed by atoms with E-state index in [9.17, 15) is 9.59 Å². The summed E-state index contributed by atoms with van der Waals surface area (Å²) in [4.78, 5) is 22.8. The molecular weight excluding hydrogens is 162 g/mol. The monoisotopic (exact) mass is 173 g/mol. The summed E-state index contributed by atoms with van der Waals surface area (Å²) in [6.07, 6.45) is -1.54. The summed E-state index contributed by atoms with van der Waals surface area (Å²) in [6.45, 7) is 3.77. The van der Waals surface area contributed by atoms with Crippen LogP contribution in [-0.2, 0) is 9.53 Å². The summed E-state index contributed by atoms with van der Waals surface area (Å²) in [5.74, 6) is -1.09. The van der Waals surface area contributed by atoms with Crippen molar-refractivity contribution in [3.05, 3.63) is 0 Å². The largest absolute Gasteiger partial charge is 0.478 e. The third kappa shape index (κ3) is 1.49. The van der Waals surface area contributed by atoms with E-state index in [2.05, 4.69) is 4.74 Å². The van der Waals surface area contributed by atoms with Gasteiger partial charge in [-0.1, -0.05) is 0 Å². The van der Waals surface area contributed by atoms with Gasteiger partial charge in [0, 0.05) is 6.04 Å². The molecular formula is C7H11NO4. The van der Waals surface area contributed by atoms with Gasteiger partial charge in [0.15, 0.2) is 0 Å². The van der Waals surface area contributed by atoms with Gasteiger partial charge in [-0.2, -0.15) is 0 Å². The Hall–Kier alpha value is -1.26. The number of hydrogen-bond acceptors (Lipinski definition) is 3. The molecule has 5 nitrogen and oxygen atoms in total. The van der Waals surface area contributed by atoms with Gasteiger partial charge in [0.05, 0.1) is 6.54 Å². The number of amides is 1. The maximum atomic E-state index is 11.0. The number of rotatable bonds is 2. The highest BCUT2D eigenvalue weighted by atomic mass is 16.6. The van der Waals surface area contributed by atoms with Crippen molar-refractivity contribution in [2.45, 2.75) is 26.0 Å². The van der Waals surface area contributed by atoms with Crippen molar-refractivity contribution in [1.29, 1.82) is 0 Å². The van der Waals surface area contributed by atoms with E-state index in [0.29, 0.717) is 0 Å². The zero-order valence-electron chi connectivity index (χ0n) is 6.98. The number of nitrogens with zero attached hydrogens (tertiary/aromatic N) is 1. The molecule has 1 aliphatic rings. The summed E-state index contributed by atoms with van der Waals surface area (Å²) in [7, 11) is 0. The minimum atomic E-state index is -1.09. The van der Waals surface area contributed by atoms with Crippen LogP contribution in [0.5, 0.6) is 0 Å². The predicted molar refractivity (Wildman–Crippen MR) is 39.7 cm³/mol. The van der Waals surface area contributed by atoms with E-state index in [0.717, 1.165) is 0 Å². The van der Waals surface area contributed by atoms with Crippen molar-refractivity contribution in [3.63, 3.8) is 0 Å². The van der Waals surface area contributed by atoms with Gasteiger partial charge in [-0.05, 0) is 13.8 Å². The fourth-order valence-corrected chi connectivity index (χ4v) is 1.03. The zero-order valence-corrected chi connectivity index (χ0v) is 6.98. The molecule has 0 spiro atoms. The average molecular weight is 173 g/mol. The maximum absolute atomic E-state index is 11.0. The van der Waals surface area contributed by atoms with Crippen LogP contribution < -0.4 is 0 Å². The van der Waals surface area contributed by atoms with Crippen LogP contribution in [0.1, 0.15) is 13.8 Å². The van der Waals surface area contributed by atoms with Crippen LogP contribution in [0.25, 0.3) is 0 Å². The lowest BCUT2D eigenvalue weighted by molar-refractivity contribution is -0.144. The first-order valence-electron chi connectivity index (χ1n) is 3.72. The lowest BCUT2D eigenvalue weighted by Crippen LogP contribution is -2.33. The van der Waals surface area contributed by atoms with Crippen molar-refractivity contribution >= 4 is 12.1 Å². The third-order valence-corrected chi connectivity index (χ3v) is 1.74. The second kappa shape index (κ2) is 3.00. The van der Waals surface area contributed by atoms with Crippen LogP contribution in [-0.4, -0.2) is 40.8 Å². The molecule has 1 unspecified atom stereocenters. The van der Waals surface area contributed by atoms with E-state index >= 15 is 0 Å². The smallest absolute Gasteiger partial charge is 0.411 e. The number of carboxylic acid groups (broad SMARTS) is 1. The normalized spacial score (nSPS) is 23.1. The van der Waals surface area contributed by atoms with Gasteiger partial charge in [0.2, 0.25) is 6.10 Å². The molecule has 1 rings (SSSR count). The van der Waals surface area contributed by atoms with E-state index in [1.165, 1.54) is 4.90 Å². The van der Waals surface area contributed by atoms with Gasteiger partial charge < -0.3 is 14.7 Å². The molecule has 1 saturated heterocycles. The number of aliphatic carboxylic acids is 1. The predicted octanol–water partition coefficient (Wildman–Crippen LogP) is 0.300. The Morgan fingerprint density at radius 1 is 1.75 bits per heavy atom. The van der Waals surface area contributed by atoms with Crippen molar-refractivity contribution in [2.75, 3.05) is 6.54 Å². The van der Waals surface area contributed by atoms with Crippen LogP contribution >= 0.6 is 0 Å². The molecule has 0 aromatic rings. The molecule has 0 aliphatic carbocycles. The van der Waals surface area contributed by atoms with Crippen LogP contribution in [0.3, 0.4) is 0 Å². The van der Waals surface area contributed by atoms with Gasteiger partial charge in [0.1, 0.15) is 0 Å². The van der Waals surface area contributed by atoms with E-state index in [1.54, 1.807) is 0 Å². The number of cyclic esters (lactones) is 1. The van der Waals surface area contributed by atoms with Crippen LogP contribution in [0.2, 0.25) is 0 Å². The molecule has 1 fully saturated rings. The molecule has 0 aromatic carbocycles. The maximum Gasteiger partial charge on any atom is 0.411 e. The highest BCUT2D eigenvalue weighted by Gasteiger charge is 2.37. The average Bonchev–Trinajstić information content (AvgIpc) is 2.30. The highest BCUT2D eigenvalue weighted by molar-refractivity contribution is 5.81. The van der Waals surface area contributed by atoms with Crippen molar-refractivity contribution < 1.29 is 19.4 Å². The van der Waals surface area contributed by atoms with E-state index in [1.807, 2.05) is 13.8 Å². The summed E-state index contributed by atoms with van der Waals surface area (Å²) in [6, 6.07) is -0.0122. The third-order valence-electron chi connectivity index (χ3n) is 1.74. The first kappa shape index (κ1) is 8.83. The summed E-state index contributed by atoms with van der Waals surface area (Å²) in [5, 5.41) is 8.53. The molecule has 0 bridgehead atoms. The zero-order chi connectivity index (χ0) is 9.30. The highest BCUT2D eigenvalue weighted by Crippen LogP contribution is 2.13. The molecule has 1 heterocycles. The SMILES string of the molecule is CC(C)N1CC(C(=O)O)OC1=O. The standard InChI is InChI=1S/C7H11NO4/c1-4(2)8-3-5(6(9)10)12-7(8)11/h4-5H,3H2,1-2H3,(H,9,10). The van der Waals surface area contributed by atoms with Gasteiger partial charge in [-0.15, -0.1) is 0 Å². The van der Waals surface area contributed by atoms with E-state index in [-0.39, 0.29) is 12.6 Å². The van der Waals surface area contributed by atoms with E-state index in [4.69, 9.17) is 5.11 Å². The topological polar surface area (TPSA) is 66.8 Å². The molecule has 1 atom stereocenters. The van der Waals surface area contributed by atoms with Crippen molar-refractivity contribution in [3.8, 4) is 0 Å². The summed E-state index contributed by atoms with van der Waals surface area (Å²) >= 11 is 0. The van der Waals surface area contributed by atoms with Crippen molar-refractivity contribution in [2.24, 2.45) is 0 Å². The minimum absolute atomic E-state index is 0.0122. The number of carbonyl (C=O) groups is 2. The van der Waals surface area contributed by atoms with Crippen LogP contribution in [0, 0.1) is 0 Å². The minimum Gasteiger partial charge on any atom is -0.478 e. The first-order valence-corrected chi connectivity index (χ1v) is 3.72. The molecule has 1 N–H and O–H groups in total. The second-order valence-electron chi connectivity index (χ2n) is 2.96. The molecule has 1 amide bonds. The molecule has 68 valence electrons. The second-order valence-corrected chi connectivity index (χ2v) is 2.96. The van der Waals surface area contributed by atoms with Gasteiger partial charge in [-0.25, -0.2) is 9.59 Å². The van der Waals surface area contributed by atoms with Crippen LogP contribution in [0.15, 0.2) is 0 Å². The molecule has 0 saturated carbocycles. The Kier molecular flexibility index (Phi) is 2.21. The van der Waals surface area contributed by atoms with Crippen LogP contribution in [0.4, 0.5) is 4.79 Å². The quantitative estimate of drug-likeness (QED) is 0.652. The van der Waals surface area contributed by atoms with Gasteiger partial charge in [-0.3, -0.25) is 0 Å². The first-order chi connectivity index (χ1) is 5.52. The molecule has 1 aliphatic heterocycles. The lowest BCUT2D eigenvalue weighted by atomic mass is 10.3. The number of ether oxygens (including phenoxy) is 1. The van der Waals surface area contributed by atoms with Gasteiger partial charge >= 0.3 is 12.1 Å². The molecule has 0 aromatic heterocycles. The number of hydrogen-bond donors (Lipinski definition) is 1. The Balaban J connectivity index is 2.62. The Bertz CT molecular complexity index is 213. The fraction of sp³-hybridized carbons (Fsp3) is 0.714. The van der Waals surface area contributed by atoms with E-state index < -0.39 is 18.2 Å². The number of carbonyl (C=O) groups excluding carboxylic acids is 1. The Morgan fingerprint density at radius 2 is 2.33 bits per heavy atom. The Morgan fingerprint density at radius 3 is 2.58 bits per heavy atom. The van der Waals surface area contributed by atoms with Crippen molar-refractivity contribution in [1.82, 2.24) is 4.90 Å². The molecule has 0 radical (unpaired) electrons. The lowest BCUT2D eigenvalue weighted by Gasteiger charge is -2.16. The summed E-state index contributed by atoms with van der Waals surface area (Å²) in [5.41, 5.74) is 0. The Labute approximate surface area is 69.9 Å². The summed E-state index contributed by atoms with van der Waals surface area (Å²) < 4.78 is 4.58. The molecule has 5 heteroatoms. The fourth-order valence-electron chi connectivity index (χ4n) is 1.03. The molecule has 12 heavy (non-hydrogen) atoms. The number of carboxylic acids is 1.